The summed E-state index contributed by atoms with van der Waals surface area (Å²) in [6, 6.07) is 0. The third-order valence-corrected chi connectivity index (χ3v) is 2.89. The van der Waals surface area contributed by atoms with E-state index < -0.39 is 5.97 Å². The van der Waals surface area contributed by atoms with Crippen LogP contribution in [0.15, 0.2) is 0 Å². The Morgan fingerprint density at radius 1 is 1.21 bits per heavy atom. The first-order valence-corrected chi connectivity index (χ1v) is 6.15. The van der Waals surface area contributed by atoms with Crippen LogP contribution in [0, 0.1) is 19.8 Å². The molecule has 1 heterocycles. The Balaban J connectivity index is 2.87. The fourth-order valence-electron chi connectivity index (χ4n) is 1.93. The molecule has 0 spiro atoms. The lowest BCUT2D eigenvalue weighted by Crippen LogP contribution is -2.18. The van der Waals surface area contributed by atoms with E-state index in [4.69, 9.17) is 4.74 Å². The van der Waals surface area contributed by atoms with Crippen LogP contribution in [0.3, 0.4) is 0 Å². The molecule has 0 fully saturated rings. The first kappa shape index (κ1) is 15.1. The molecule has 5 heteroatoms. The van der Waals surface area contributed by atoms with Crippen molar-refractivity contribution in [1.29, 1.82) is 0 Å². The number of H-pyrrole nitrogens is 1. The number of carbonyl (C=O) groups is 3. The van der Waals surface area contributed by atoms with Crippen LogP contribution >= 0.6 is 0 Å². The molecule has 0 unspecified atom stereocenters. The van der Waals surface area contributed by atoms with E-state index in [0.29, 0.717) is 22.5 Å². The van der Waals surface area contributed by atoms with Crippen LogP contribution < -0.4 is 0 Å². The highest BCUT2D eigenvalue weighted by Crippen LogP contribution is 2.19. The summed E-state index contributed by atoms with van der Waals surface area (Å²) < 4.78 is 4.89. The molecule has 5 nitrogen and oxygen atoms in total. The van der Waals surface area contributed by atoms with Crippen LogP contribution in [0.4, 0.5) is 0 Å². The Labute approximate surface area is 112 Å². The second-order valence-corrected chi connectivity index (χ2v) is 4.87. The van der Waals surface area contributed by atoms with Gasteiger partial charge in [0.15, 0.2) is 12.4 Å². The lowest BCUT2D eigenvalue weighted by atomic mass is 10.1. The summed E-state index contributed by atoms with van der Waals surface area (Å²) in [4.78, 5) is 37.6. The molecular weight excluding hydrogens is 246 g/mol. The van der Waals surface area contributed by atoms with Gasteiger partial charge in [-0.2, -0.15) is 0 Å². The molecule has 0 saturated heterocycles. The summed E-state index contributed by atoms with van der Waals surface area (Å²) in [7, 11) is 0. The fourth-order valence-corrected chi connectivity index (χ4v) is 1.93. The maximum Gasteiger partial charge on any atom is 0.308 e. The molecule has 0 atom stereocenters. The first-order chi connectivity index (χ1) is 8.75. The Hall–Kier alpha value is -1.91. The minimum Gasteiger partial charge on any atom is -0.457 e. The van der Waals surface area contributed by atoms with Gasteiger partial charge in [-0.3, -0.25) is 14.4 Å². The molecule has 0 aromatic carbocycles. The summed E-state index contributed by atoms with van der Waals surface area (Å²) in [5.74, 6) is -1.11. The van der Waals surface area contributed by atoms with Gasteiger partial charge in [0.05, 0.1) is 11.6 Å². The number of carbonyl (C=O) groups excluding carboxylic acids is 3. The van der Waals surface area contributed by atoms with E-state index in [0.717, 1.165) is 0 Å². The van der Waals surface area contributed by atoms with E-state index in [9.17, 15) is 14.4 Å². The van der Waals surface area contributed by atoms with Crippen LogP contribution in [-0.2, 0) is 9.53 Å². The molecule has 0 aliphatic carbocycles. The molecular formula is C14H19NO4. The van der Waals surface area contributed by atoms with E-state index in [1.807, 2.05) is 0 Å². The Kier molecular flexibility index (Phi) is 4.64. The number of ketones is 2. The van der Waals surface area contributed by atoms with Crippen LogP contribution in [0.5, 0.6) is 0 Å². The molecule has 104 valence electrons. The third-order valence-electron chi connectivity index (χ3n) is 2.89. The summed E-state index contributed by atoms with van der Waals surface area (Å²) in [5, 5.41) is 0. The Morgan fingerprint density at radius 3 is 2.21 bits per heavy atom. The van der Waals surface area contributed by atoms with Crippen molar-refractivity contribution >= 4 is 17.5 Å². The lowest BCUT2D eigenvalue weighted by molar-refractivity contribution is -0.146. The molecule has 0 aliphatic rings. The highest BCUT2D eigenvalue weighted by Gasteiger charge is 2.21. The molecule has 0 radical (unpaired) electrons. The van der Waals surface area contributed by atoms with Crippen LogP contribution in [0.2, 0.25) is 0 Å². The van der Waals surface area contributed by atoms with Crippen LogP contribution in [0.25, 0.3) is 0 Å². The van der Waals surface area contributed by atoms with Gasteiger partial charge in [-0.25, -0.2) is 0 Å². The van der Waals surface area contributed by atoms with Gasteiger partial charge >= 0.3 is 5.97 Å². The molecule has 1 N–H and O–H groups in total. The maximum atomic E-state index is 12.0. The van der Waals surface area contributed by atoms with Crippen LogP contribution in [-0.4, -0.2) is 29.1 Å². The predicted octanol–water partition coefficient (Wildman–Crippen LogP) is 2.22. The number of hydrogen-bond acceptors (Lipinski definition) is 4. The monoisotopic (exact) mass is 265 g/mol. The van der Waals surface area contributed by atoms with E-state index in [-0.39, 0.29) is 24.1 Å². The molecule has 0 aliphatic heterocycles. The Bertz CT molecular complexity index is 526. The zero-order valence-electron chi connectivity index (χ0n) is 11.9. The highest BCUT2D eigenvalue weighted by molar-refractivity contribution is 6.04. The fraction of sp³-hybridized carbons (Fsp3) is 0.500. The SMILES string of the molecule is CC(=O)c1c(C)[nH]c(C(=O)COC(=O)C(C)C)c1C. The van der Waals surface area contributed by atoms with Gasteiger partial charge in [-0.15, -0.1) is 0 Å². The summed E-state index contributed by atoms with van der Waals surface area (Å²) in [6.07, 6.45) is 0. The minimum atomic E-state index is -0.416. The van der Waals surface area contributed by atoms with Crippen molar-refractivity contribution in [3.63, 3.8) is 0 Å². The van der Waals surface area contributed by atoms with Gasteiger partial charge in [-0.1, -0.05) is 13.8 Å². The molecule has 1 rings (SSSR count). The predicted molar refractivity (Wildman–Crippen MR) is 70.4 cm³/mol. The van der Waals surface area contributed by atoms with Crippen LogP contribution in [0.1, 0.15) is 52.9 Å². The standard InChI is InChI=1S/C14H19NO4/c1-7(2)14(18)19-6-11(17)13-8(3)12(10(5)16)9(4)15-13/h7,15H,6H2,1-5H3. The quantitative estimate of drug-likeness (QED) is 0.654. The topological polar surface area (TPSA) is 76.2 Å². The molecule has 1 aromatic heterocycles. The lowest BCUT2D eigenvalue weighted by Gasteiger charge is -2.06. The molecule has 0 saturated carbocycles. The molecule has 19 heavy (non-hydrogen) atoms. The van der Waals surface area contributed by atoms with Gasteiger partial charge in [0.2, 0.25) is 5.78 Å². The van der Waals surface area contributed by atoms with Gasteiger partial charge in [0.1, 0.15) is 0 Å². The average molecular weight is 265 g/mol. The summed E-state index contributed by atoms with van der Waals surface area (Å²) >= 11 is 0. The van der Waals surface area contributed by atoms with E-state index in [2.05, 4.69) is 4.98 Å². The van der Waals surface area contributed by atoms with Gasteiger partial charge in [0.25, 0.3) is 0 Å². The summed E-state index contributed by atoms with van der Waals surface area (Å²) in [6.45, 7) is 7.99. The number of ether oxygens (including phenoxy) is 1. The number of aromatic nitrogens is 1. The molecule has 1 aromatic rings. The van der Waals surface area contributed by atoms with Crippen molar-refractivity contribution in [1.82, 2.24) is 4.98 Å². The second kappa shape index (κ2) is 5.82. The van der Waals surface area contributed by atoms with E-state index >= 15 is 0 Å². The maximum absolute atomic E-state index is 12.0. The van der Waals surface area contributed by atoms with Crippen molar-refractivity contribution in [2.24, 2.45) is 5.92 Å². The van der Waals surface area contributed by atoms with E-state index in [1.54, 1.807) is 27.7 Å². The number of Topliss-reactive ketones (excluding diaryl/α,β-unsaturated/α-hetero) is 2. The van der Waals surface area contributed by atoms with Gasteiger partial charge in [0, 0.05) is 11.3 Å². The Morgan fingerprint density at radius 2 is 1.79 bits per heavy atom. The zero-order valence-corrected chi connectivity index (χ0v) is 11.9. The molecule has 0 amide bonds. The van der Waals surface area contributed by atoms with E-state index in [1.165, 1.54) is 6.92 Å². The van der Waals surface area contributed by atoms with Gasteiger partial charge in [-0.05, 0) is 26.3 Å². The van der Waals surface area contributed by atoms with Gasteiger partial charge < -0.3 is 9.72 Å². The van der Waals surface area contributed by atoms with Crippen molar-refractivity contribution < 1.29 is 19.1 Å². The smallest absolute Gasteiger partial charge is 0.308 e. The average Bonchev–Trinajstić information content (AvgIpc) is 2.60. The number of esters is 1. The highest BCUT2D eigenvalue weighted by atomic mass is 16.5. The number of rotatable bonds is 5. The van der Waals surface area contributed by atoms with Crippen molar-refractivity contribution in [3.8, 4) is 0 Å². The normalized spacial score (nSPS) is 10.6. The largest absolute Gasteiger partial charge is 0.457 e. The zero-order chi connectivity index (χ0) is 14.7. The minimum absolute atomic E-state index is 0.0931. The van der Waals surface area contributed by atoms with Crippen molar-refractivity contribution in [2.45, 2.75) is 34.6 Å². The summed E-state index contributed by atoms with van der Waals surface area (Å²) in [5.41, 5.74) is 2.12. The second-order valence-electron chi connectivity index (χ2n) is 4.87. The number of aryl methyl sites for hydroxylation is 1. The third kappa shape index (κ3) is 3.30. The number of nitrogens with one attached hydrogen (secondary N) is 1. The number of aromatic amines is 1. The van der Waals surface area contributed by atoms with Crippen molar-refractivity contribution in [2.75, 3.05) is 6.61 Å². The number of hydrogen-bond donors (Lipinski definition) is 1. The first-order valence-electron chi connectivity index (χ1n) is 6.15. The van der Waals surface area contributed by atoms with Crippen molar-refractivity contribution in [3.05, 3.63) is 22.5 Å². The molecule has 0 bridgehead atoms.